The first-order chi connectivity index (χ1) is 4.54. The van der Waals surface area contributed by atoms with Gasteiger partial charge in [-0.3, -0.25) is 0 Å². The minimum atomic E-state index is -1.04. The summed E-state index contributed by atoms with van der Waals surface area (Å²) in [6.07, 6.45) is -1.04. The fourth-order valence-corrected chi connectivity index (χ4v) is 0.574. The molecule has 1 aliphatic heterocycles. The van der Waals surface area contributed by atoms with E-state index in [1.807, 2.05) is 0 Å². The SMILES string of the molecule is C[C@@H](NC(=O)O)C1(C)N=N1. The Morgan fingerprint density at radius 2 is 2.20 bits per heavy atom. The van der Waals surface area contributed by atoms with Crippen molar-refractivity contribution in [3.8, 4) is 0 Å². The summed E-state index contributed by atoms with van der Waals surface area (Å²) in [4.78, 5) is 10.1. The van der Waals surface area contributed by atoms with E-state index in [0.717, 1.165) is 0 Å². The first-order valence-electron chi connectivity index (χ1n) is 2.98. The number of amides is 1. The summed E-state index contributed by atoms with van der Waals surface area (Å²) in [6, 6.07) is -0.231. The van der Waals surface area contributed by atoms with Crippen LogP contribution in [0.25, 0.3) is 0 Å². The van der Waals surface area contributed by atoms with Gasteiger partial charge in [-0.2, -0.15) is 10.2 Å². The van der Waals surface area contributed by atoms with Crippen molar-refractivity contribution in [3.05, 3.63) is 0 Å². The highest BCUT2D eigenvalue weighted by molar-refractivity contribution is 5.65. The van der Waals surface area contributed by atoms with Gasteiger partial charge in [-0.15, -0.1) is 0 Å². The van der Waals surface area contributed by atoms with Crippen LogP contribution in [0.2, 0.25) is 0 Å². The van der Waals surface area contributed by atoms with Gasteiger partial charge in [0.25, 0.3) is 0 Å². The molecule has 1 atom stereocenters. The summed E-state index contributed by atoms with van der Waals surface area (Å²) in [5.74, 6) is 0. The Bertz CT molecular complexity index is 183. The minimum Gasteiger partial charge on any atom is -0.465 e. The Balaban J connectivity index is 2.35. The number of carboxylic acid groups (broad SMARTS) is 1. The fourth-order valence-electron chi connectivity index (χ4n) is 0.574. The number of rotatable bonds is 2. The molecule has 0 spiro atoms. The molecule has 1 amide bonds. The standard InChI is InChI=1S/C5H9N3O2/c1-3(6-4(9)10)5(2)7-8-5/h3,6H,1-2H3,(H,9,10)/t3-/m1/s1. The molecule has 0 aliphatic carbocycles. The number of carbonyl (C=O) groups is 1. The lowest BCUT2D eigenvalue weighted by molar-refractivity contribution is 0.188. The van der Waals surface area contributed by atoms with Gasteiger partial charge in [-0.1, -0.05) is 0 Å². The molecular weight excluding hydrogens is 134 g/mol. The zero-order chi connectivity index (χ0) is 7.78. The van der Waals surface area contributed by atoms with Crippen LogP contribution in [0.15, 0.2) is 10.2 Å². The number of hydrogen-bond acceptors (Lipinski definition) is 3. The molecular formula is C5H9N3O2. The van der Waals surface area contributed by atoms with Crippen molar-refractivity contribution >= 4 is 6.09 Å². The van der Waals surface area contributed by atoms with E-state index in [9.17, 15) is 4.79 Å². The second-order valence-electron chi connectivity index (χ2n) is 2.47. The van der Waals surface area contributed by atoms with Crippen molar-refractivity contribution in [2.24, 2.45) is 10.2 Å². The van der Waals surface area contributed by atoms with Crippen LogP contribution in [0.3, 0.4) is 0 Å². The zero-order valence-electron chi connectivity index (χ0n) is 5.83. The topological polar surface area (TPSA) is 74.0 Å². The highest BCUT2D eigenvalue weighted by Gasteiger charge is 2.41. The highest BCUT2D eigenvalue weighted by atomic mass is 16.4. The maximum Gasteiger partial charge on any atom is 0.405 e. The molecule has 1 rings (SSSR count). The minimum absolute atomic E-state index is 0.231. The van der Waals surface area contributed by atoms with E-state index in [1.54, 1.807) is 13.8 Å². The predicted molar refractivity (Wildman–Crippen MR) is 33.9 cm³/mol. The Kier molecular flexibility index (Phi) is 1.35. The van der Waals surface area contributed by atoms with Crippen molar-refractivity contribution in [3.63, 3.8) is 0 Å². The molecule has 0 saturated carbocycles. The summed E-state index contributed by atoms with van der Waals surface area (Å²) in [6.45, 7) is 3.50. The van der Waals surface area contributed by atoms with Crippen molar-refractivity contribution in [1.29, 1.82) is 0 Å². The first-order valence-corrected chi connectivity index (χ1v) is 2.98. The first kappa shape index (κ1) is 6.98. The quantitative estimate of drug-likeness (QED) is 0.600. The summed E-state index contributed by atoms with van der Waals surface area (Å²) in [7, 11) is 0. The van der Waals surface area contributed by atoms with Crippen molar-refractivity contribution in [2.45, 2.75) is 25.6 Å². The van der Waals surface area contributed by atoms with Crippen LogP contribution in [0.1, 0.15) is 13.8 Å². The van der Waals surface area contributed by atoms with E-state index in [2.05, 4.69) is 15.5 Å². The van der Waals surface area contributed by atoms with Crippen LogP contribution in [0.5, 0.6) is 0 Å². The summed E-state index contributed by atoms with van der Waals surface area (Å²) < 4.78 is 0. The fraction of sp³-hybridized carbons (Fsp3) is 0.800. The molecule has 5 nitrogen and oxygen atoms in total. The molecule has 0 aromatic heterocycles. The Hall–Kier alpha value is -1.13. The van der Waals surface area contributed by atoms with E-state index in [4.69, 9.17) is 5.11 Å². The average molecular weight is 143 g/mol. The van der Waals surface area contributed by atoms with Gasteiger partial charge in [-0.25, -0.2) is 4.79 Å². The molecule has 0 aromatic carbocycles. The lowest BCUT2D eigenvalue weighted by Gasteiger charge is -2.12. The van der Waals surface area contributed by atoms with Gasteiger partial charge in [0.05, 0.1) is 6.04 Å². The number of hydrogen-bond donors (Lipinski definition) is 2. The van der Waals surface area contributed by atoms with Gasteiger partial charge in [-0.05, 0) is 13.8 Å². The molecule has 5 heteroatoms. The third-order valence-electron chi connectivity index (χ3n) is 1.58. The van der Waals surface area contributed by atoms with Gasteiger partial charge in [0.1, 0.15) is 0 Å². The van der Waals surface area contributed by atoms with Crippen LogP contribution in [-0.2, 0) is 0 Å². The third kappa shape index (κ3) is 1.23. The second kappa shape index (κ2) is 1.93. The average Bonchev–Trinajstić information content (AvgIpc) is 2.47. The molecule has 0 bridgehead atoms. The Labute approximate surface area is 58.1 Å². The molecule has 2 N–H and O–H groups in total. The highest BCUT2D eigenvalue weighted by Crippen LogP contribution is 2.30. The maximum absolute atomic E-state index is 10.1. The smallest absolute Gasteiger partial charge is 0.405 e. The molecule has 10 heavy (non-hydrogen) atoms. The predicted octanol–water partition coefficient (Wildman–Crippen LogP) is 0.825. The van der Waals surface area contributed by atoms with Gasteiger partial charge in [0.2, 0.25) is 5.66 Å². The van der Waals surface area contributed by atoms with Gasteiger partial charge < -0.3 is 10.4 Å². The molecule has 0 aromatic rings. The number of nitrogens with zero attached hydrogens (tertiary/aromatic N) is 2. The van der Waals surface area contributed by atoms with Crippen LogP contribution in [0.4, 0.5) is 4.79 Å². The zero-order valence-corrected chi connectivity index (χ0v) is 5.83. The lowest BCUT2D eigenvalue weighted by Crippen LogP contribution is -2.41. The normalized spacial score (nSPS) is 21.8. The summed E-state index contributed by atoms with van der Waals surface area (Å²) in [5.41, 5.74) is -0.502. The summed E-state index contributed by atoms with van der Waals surface area (Å²) in [5, 5.41) is 17.9. The summed E-state index contributed by atoms with van der Waals surface area (Å²) >= 11 is 0. The molecule has 0 radical (unpaired) electrons. The van der Waals surface area contributed by atoms with E-state index < -0.39 is 11.8 Å². The van der Waals surface area contributed by atoms with Gasteiger partial charge in [0, 0.05) is 0 Å². The van der Waals surface area contributed by atoms with Crippen LogP contribution < -0.4 is 5.32 Å². The van der Waals surface area contributed by atoms with Gasteiger partial charge in [0.15, 0.2) is 0 Å². The van der Waals surface area contributed by atoms with Crippen LogP contribution >= 0.6 is 0 Å². The van der Waals surface area contributed by atoms with Crippen molar-refractivity contribution < 1.29 is 9.90 Å². The van der Waals surface area contributed by atoms with Crippen molar-refractivity contribution in [1.82, 2.24) is 5.32 Å². The molecule has 0 fully saturated rings. The van der Waals surface area contributed by atoms with E-state index in [0.29, 0.717) is 0 Å². The third-order valence-corrected chi connectivity index (χ3v) is 1.58. The van der Waals surface area contributed by atoms with Gasteiger partial charge >= 0.3 is 6.09 Å². The Morgan fingerprint density at radius 3 is 2.50 bits per heavy atom. The van der Waals surface area contributed by atoms with E-state index in [-0.39, 0.29) is 6.04 Å². The number of nitrogens with one attached hydrogen (secondary N) is 1. The monoisotopic (exact) mass is 143 g/mol. The van der Waals surface area contributed by atoms with Crippen molar-refractivity contribution in [2.75, 3.05) is 0 Å². The van der Waals surface area contributed by atoms with E-state index in [1.165, 1.54) is 0 Å². The molecule has 1 aliphatic rings. The molecule has 56 valence electrons. The van der Waals surface area contributed by atoms with Crippen LogP contribution in [0, 0.1) is 0 Å². The largest absolute Gasteiger partial charge is 0.465 e. The lowest BCUT2D eigenvalue weighted by atomic mass is 10.1. The van der Waals surface area contributed by atoms with Crippen LogP contribution in [-0.4, -0.2) is 22.9 Å². The molecule has 0 saturated heterocycles. The maximum atomic E-state index is 10.1. The second-order valence-corrected chi connectivity index (χ2v) is 2.47. The Morgan fingerprint density at radius 1 is 1.70 bits per heavy atom. The molecule has 1 heterocycles. The van der Waals surface area contributed by atoms with E-state index >= 15 is 0 Å². The molecule has 0 unspecified atom stereocenters.